The van der Waals surface area contributed by atoms with Gasteiger partial charge in [-0.25, -0.2) is 4.79 Å². The second-order valence-electron chi connectivity index (χ2n) is 3.48. The molecule has 0 atom stereocenters. The number of carbonyl (C=O) groups excluding carboxylic acids is 1. The fourth-order valence-electron chi connectivity index (χ4n) is 0.786. The largest absolute Gasteiger partial charge is 0.449 e. The molecule has 0 aromatic rings. The summed E-state index contributed by atoms with van der Waals surface area (Å²) in [5.74, 6) is 0.394. The van der Waals surface area contributed by atoms with Crippen LogP contribution in [0.4, 0.5) is 4.79 Å². The fraction of sp³-hybridized carbons (Fsp3) is 0.800. The summed E-state index contributed by atoms with van der Waals surface area (Å²) < 4.78 is 4.92. The second kappa shape index (κ2) is 7.90. The molecule has 13 heavy (non-hydrogen) atoms. The van der Waals surface area contributed by atoms with Crippen molar-refractivity contribution < 1.29 is 9.53 Å². The van der Waals surface area contributed by atoms with Crippen molar-refractivity contribution in [2.45, 2.75) is 33.1 Å². The maximum Gasteiger partial charge on any atom is 0.407 e. The summed E-state index contributed by atoms with van der Waals surface area (Å²) in [5.41, 5.74) is 0. The van der Waals surface area contributed by atoms with E-state index >= 15 is 0 Å². The van der Waals surface area contributed by atoms with Crippen LogP contribution in [0.2, 0.25) is 0 Å². The summed E-state index contributed by atoms with van der Waals surface area (Å²) in [5, 5.41) is 2.68. The van der Waals surface area contributed by atoms with Crippen LogP contribution in [0.25, 0.3) is 0 Å². The van der Waals surface area contributed by atoms with Crippen molar-refractivity contribution in [1.82, 2.24) is 5.32 Å². The van der Waals surface area contributed by atoms with E-state index in [0.717, 1.165) is 19.3 Å². The minimum Gasteiger partial charge on any atom is -0.449 e. The predicted molar refractivity (Wildman–Crippen MR) is 53.4 cm³/mol. The van der Waals surface area contributed by atoms with Crippen LogP contribution in [0.5, 0.6) is 0 Å². The number of ether oxygens (including phenoxy) is 1. The average molecular weight is 186 g/mol. The zero-order valence-electron chi connectivity index (χ0n) is 8.64. The van der Waals surface area contributed by atoms with Gasteiger partial charge in [-0.05, 0) is 12.3 Å². The van der Waals surface area contributed by atoms with Crippen LogP contribution in [-0.4, -0.2) is 19.2 Å². The molecule has 0 spiro atoms. The molecular formula is C10H20NO2-. The minimum atomic E-state index is -0.308. The van der Waals surface area contributed by atoms with Crippen molar-refractivity contribution >= 4 is 6.09 Å². The standard InChI is InChI=1S/C10H20NO2/c1-4-5-6-7-11-10(12)13-8-9(2)3/h9H,1,4-8H2,2-3H3,(H,11,12)/q-1. The first-order valence-corrected chi connectivity index (χ1v) is 4.86. The lowest BCUT2D eigenvalue weighted by Crippen LogP contribution is -2.26. The van der Waals surface area contributed by atoms with E-state index in [1.807, 2.05) is 13.8 Å². The predicted octanol–water partition coefficient (Wildman–Crippen LogP) is 2.37. The van der Waals surface area contributed by atoms with Gasteiger partial charge in [0.1, 0.15) is 0 Å². The van der Waals surface area contributed by atoms with E-state index in [1.165, 1.54) is 0 Å². The molecule has 0 unspecified atom stereocenters. The van der Waals surface area contributed by atoms with E-state index in [9.17, 15) is 4.79 Å². The van der Waals surface area contributed by atoms with Gasteiger partial charge in [0, 0.05) is 6.54 Å². The zero-order valence-corrected chi connectivity index (χ0v) is 8.64. The molecule has 0 fully saturated rings. The van der Waals surface area contributed by atoms with Crippen molar-refractivity contribution in [3.63, 3.8) is 0 Å². The molecule has 78 valence electrons. The first kappa shape index (κ1) is 12.3. The van der Waals surface area contributed by atoms with Crippen molar-refractivity contribution in [3.8, 4) is 0 Å². The molecule has 0 bridgehead atoms. The quantitative estimate of drug-likeness (QED) is 0.511. The highest BCUT2D eigenvalue weighted by molar-refractivity contribution is 5.66. The summed E-state index contributed by atoms with van der Waals surface area (Å²) >= 11 is 0. The monoisotopic (exact) mass is 186 g/mol. The van der Waals surface area contributed by atoms with Crippen LogP contribution in [0.1, 0.15) is 33.1 Å². The Morgan fingerprint density at radius 2 is 2.15 bits per heavy atom. The van der Waals surface area contributed by atoms with E-state index < -0.39 is 0 Å². The number of rotatable bonds is 6. The number of alkyl carbamates (subject to hydrolysis) is 1. The Balaban J connectivity index is 3.20. The average Bonchev–Trinajstić information content (AvgIpc) is 2.09. The second-order valence-corrected chi connectivity index (χ2v) is 3.48. The lowest BCUT2D eigenvalue weighted by atomic mass is 10.2. The van der Waals surface area contributed by atoms with Crippen molar-refractivity contribution in [2.75, 3.05) is 13.2 Å². The molecule has 0 saturated heterocycles. The smallest absolute Gasteiger partial charge is 0.407 e. The molecule has 3 nitrogen and oxygen atoms in total. The summed E-state index contributed by atoms with van der Waals surface area (Å²) in [6.45, 7) is 8.91. The maximum atomic E-state index is 11.0. The minimum absolute atomic E-state index is 0.308. The van der Waals surface area contributed by atoms with Crippen LogP contribution < -0.4 is 5.32 Å². The topological polar surface area (TPSA) is 38.3 Å². The van der Waals surface area contributed by atoms with Crippen molar-refractivity contribution in [3.05, 3.63) is 6.92 Å². The van der Waals surface area contributed by atoms with Gasteiger partial charge in [-0.1, -0.05) is 20.3 Å². The molecule has 0 radical (unpaired) electrons. The molecule has 1 amide bonds. The number of nitrogens with one attached hydrogen (secondary N) is 1. The first-order chi connectivity index (χ1) is 6.16. The van der Waals surface area contributed by atoms with Crippen LogP contribution in [-0.2, 0) is 4.74 Å². The Morgan fingerprint density at radius 1 is 1.46 bits per heavy atom. The number of carbonyl (C=O) groups is 1. The third kappa shape index (κ3) is 9.18. The van der Waals surface area contributed by atoms with Gasteiger partial charge in [-0.2, -0.15) is 6.42 Å². The number of hydrogen-bond donors (Lipinski definition) is 1. The maximum absolute atomic E-state index is 11.0. The lowest BCUT2D eigenvalue weighted by Gasteiger charge is -2.08. The Labute approximate surface area is 80.8 Å². The van der Waals surface area contributed by atoms with Crippen molar-refractivity contribution in [2.24, 2.45) is 5.92 Å². The third-order valence-corrected chi connectivity index (χ3v) is 1.49. The molecule has 0 aliphatic heterocycles. The highest BCUT2D eigenvalue weighted by atomic mass is 16.5. The third-order valence-electron chi connectivity index (χ3n) is 1.49. The van der Waals surface area contributed by atoms with E-state index in [4.69, 9.17) is 4.74 Å². The van der Waals surface area contributed by atoms with E-state index in [1.54, 1.807) is 0 Å². The van der Waals surface area contributed by atoms with Gasteiger partial charge < -0.3 is 17.0 Å². The molecule has 0 aliphatic rings. The van der Waals surface area contributed by atoms with E-state index in [0.29, 0.717) is 19.1 Å². The summed E-state index contributed by atoms with van der Waals surface area (Å²) in [4.78, 5) is 11.0. The number of hydrogen-bond acceptors (Lipinski definition) is 2. The van der Waals surface area contributed by atoms with Gasteiger partial charge in [-0.3, -0.25) is 0 Å². The van der Waals surface area contributed by atoms with E-state index in [2.05, 4.69) is 12.2 Å². The van der Waals surface area contributed by atoms with Gasteiger partial charge >= 0.3 is 6.09 Å². The Kier molecular flexibility index (Phi) is 7.45. The Bertz CT molecular complexity index is 135. The van der Waals surface area contributed by atoms with E-state index in [-0.39, 0.29) is 6.09 Å². The lowest BCUT2D eigenvalue weighted by molar-refractivity contribution is 0.133. The summed E-state index contributed by atoms with van der Waals surface area (Å²) in [6.07, 6.45) is 2.63. The van der Waals surface area contributed by atoms with Gasteiger partial charge in [0.2, 0.25) is 0 Å². The molecule has 0 aliphatic carbocycles. The molecule has 0 aromatic carbocycles. The van der Waals surface area contributed by atoms with Crippen molar-refractivity contribution in [1.29, 1.82) is 0 Å². The Morgan fingerprint density at radius 3 is 2.69 bits per heavy atom. The Hall–Kier alpha value is -0.730. The highest BCUT2D eigenvalue weighted by Crippen LogP contribution is 1.94. The van der Waals surface area contributed by atoms with Gasteiger partial charge in [0.05, 0.1) is 6.61 Å². The van der Waals surface area contributed by atoms with Gasteiger partial charge in [-0.15, -0.1) is 0 Å². The zero-order chi connectivity index (χ0) is 10.1. The van der Waals surface area contributed by atoms with Gasteiger partial charge in [0.25, 0.3) is 0 Å². The molecule has 0 rings (SSSR count). The molecule has 3 heteroatoms. The molecule has 0 aromatic heterocycles. The summed E-state index contributed by atoms with van der Waals surface area (Å²) in [6, 6.07) is 0. The number of unbranched alkanes of at least 4 members (excludes halogenated alkanes) is 2. The first-order valence-electron chi connectivity index (χ1n) is 4.86. The van der Waals surface area contributed by atoms with Crippen LogP contribution in [0, 0.1) is 12.8 Å². The SMILES string of the molecule is [CH2-]CCCCNC(=O)OCC(C)C. The van der Waals surface area contributed by atoms with Crippen LogP contribution >= 0.6 is 0 Å². The molecule has 0 heterocycles. The molecular weight excluding hydrogens is 166 g/mol. The van der Waals surface area contributed by atoms with Crippen LogP contribution in [0.15, 0.2) is 0 Å². The van der Waals surface area contributed by atoms with Gasteiger partial charge in [0.15, 0.2) is 0 Å². The normalized spacial score (nSPS) is 10.2. The fourth-order valence-corrected chi connectivity index (χ4v) is 0.786. The summed E-state index contributed by atoms with van der Waals surface area (Å²) in [7, 11) is 0. The molecule has 0 saturated carbocycles. The number of amides is 1. The van der Waals surface area contributed by atoms with Crippen LogP contribution in [0.3, 0.4) is 0 Å². The highest BCUT2D eigenvalue weighted by Gasteiger charge is 2.01. The molecule has 1 N–H and O–H groups in total.